The number of pyridine rings is 1. The van der Waals surface area contributed by atoms with Crippen molar-refractivity contribution in [3.63, 3.8) is 0 Å². The van der Waals surface area contributed by atoms with Crippen LogP contribution in [0.1, 0.15) is 35.4 Å². The van der Waals surface area contributed by atoms with Gasteiger partial charge < -0.3 is 9.55 Å². The number of benzene rings is 3. The zero-order chi connectivity index (χ0) is 26.8. The molecule has 7 rings (SSSR count). The summed E-state index contributed by atoms with van der Waals surface area (Å²) in [5.74, 6) is 0.421. The molecule has 4 heteroatoms. The maximum atomic E-state index is 4.26. The van der Waals surface area contributed by atoms with Gasteiger partial charge in [0, 0.05) is 62.8 Å². The first-order valence-electron chi connectivity index (χ1n) is 13.3. The van der Waals surface area contributed by atoms with E-state index in [0.717, 1.165) is 11.3 Å². The fourth-order valence-corrected chi connectivity index (χ4v) is 5.51. The monoisotopic (exact) mass is 585 g/mol. The van der Waals surface area contributed by atoms with Gasteiger partial charge in [-0.1, -0.05) is 92.4 Å². The Kier molecular flexibility index (Phi) is 7.99. The average molecular weight is 587 g/mol. The number of fused-ring (bicyclic) bond motifs is 4. The van der Waals surface area contributed by atoms with Gasteiger partial charge in [-0.15, -0.1) is 17.0 Å². The van der Waals surface area contributed by atoms with Gasteiger partial charge in [-0.05, 0) is 54.5 Å². The average Bonchev–Trinajstić information content (AvgIpc) is 3.64. The number of aromatic amines is 1. The van der Waals surface area contributed by atoms with Crippen LogP contribution in [0, 0.1) is 6.92 Å². The summed E-state index contributed by atoms with van der Waals surface area (Å²) in [7, 11) is 0. The summed E-state index contributed by atoms with van der Waals surface area (Å²) in [6.45, 7) is 8.05. The number of nitrogens with zero attached hydrogens (tertiary/aromatic N) is 2. The number of aryl methyl sites for hydroxylation is 1. The minimum atomic E-state index is 0. The van der Waals surface area contributed by atoms with Crippen molar-refractivity contribution in [1.29, 1.82) is 0 Å². The highest BCUT2D eigenvalue weighted by Gasteiger charge is 2.23. The summed E-state index contributed by atoms with van der Waals surface area (Å²) in [6, 6.07) is 29.8. The van der Waals surface area contributed by atoms with Gasteiger partial charge in [-0.2, -0.15) is 0 Å². The van der Waals surface area contributed by atoms with E-state index >= 15 is 0 Å². The Morgan fingerprint density at radius 1 is 0.900 bits per heavy atom. The Hall–Kier alpha value is -4.41. The first kappa shape index (κ1) is 27.2. The third kappa shape index (κ3) is 4.99. The third-order valence-corrected chi connectivity index (χ3v) is 7.44. The molecule has 0 aliphatic heterocycles. The van der Waals surface area contributed by atoms with E-state index in [4.69, 9.17) is 0 Å². The number of H-pyrrole nitrogens is 1. The smallest absolute Gasteiger partial charge is 0.0537 e. The SMILES string of the molecule is Br.C=C/C=C\c1[nH]c2ccccc2c1C.CC1C=Cc2c1n(-c1cccc(-c3cccnc3)c1)c1ccccc21. The van der Waals surface area contributed by atoms with Crippen LogP contribution in [0.15, 0.2) is 122 Å². The Labute approximate surface area is 246 Å². The van der Waals surface area contributed by atoms with Crippen molar-refractivity contribution in [3.8, 4) is 16.8 Å². The summed E-state index contributed by atoms with van der Waals surface area (Å²) in [4.78, 5) is 7.62. The van der Waals surface area contributed by atoms with Crippen molar-refractivity contribution in [1.82, 2.24) is 14.5 Å². The molecule has 1 aliphatic rings. The quantitative estimate of drug-likeness (QED) is 0.205. The van der Waals surface area contributed by atoms with E-state index in [1.165, 1.54) is 49.9 Å². The number of nitrogens with one attached hydrogen (secondary N) is 1. The van der Waals surface area contributed by atoms with Crippen molar-refractivity contribution in [2.75, 3.05) is 0 Å². The molecule has 0 fully saturated rings. The molecule has 0 saturated heterocycles. The van der Waals surface area contributed by atoms with Crippen molar-refractivity contribution in [2.24, 2.45) is 0 Å². The second-order valence-corrected chi connectivity index (χ2v) is 9.90. The summed E-state index contributed by atoms with van der Waals surface area (Å²) in [5.41, 5.74) is 11.2. The van der Waals surface area contributed by atoms with Gasteiger partial charge in [-0.3, -0.25) is 4.98 Å². The van der Waals surface area contributed by atoms with Crippen LogP contribution in [-0.4, -0.2) is 14.5 Å². The van der Waals surface area contributed by atoms with Crippen LogP contribution in [0.2, 0.25) is 0 Å². The number of halogens is 1. The van der Waals surface area contributed by atoms with Crippen LogP contribution in [-0.2, 0) is 0 Å². The molecule has 0 amide bonds. The summed E-state index contributed by atoms with van der Waals surface area (Å²) in [5, 5.41) is 2.61. The molecule has 6 aromatic rings. The highest BCUT2D eigenvalue weighted by molar-refractivity contribution is 8.93. The molecule has 1 atom stereocenters. The van der Waals surface area contributed by atoms with Gasteiger partial charge in [0.1, 0.15) is 0 Å². The first-order chi connectivity index (χ1) is 19.2. The van der Waals surface area contributed by atoms with E-state index < -0.39 is 0 Å². The van der Waals surface area contributed by atoms with Gasteiger partial charge in [0.25, 0.3) is 0 Å². The maximum Gasteiger partial charge on any atom is 0.0537 e. The molecule has 3 nitrogen and oxygen atoms in total. The first-order valence-corrected chi connectivity index (χ1v) is 13.3. The number of hydrogen-bond acceptors (Lipinski definition) is 1. The zero-order valence-corrected chi connectivity index (χ0v) is 24.4. The van der Waals surface area contributed by atoms with Gasteiger partial charge in [0.15, 0.2) is 0 Å². The predicted octanol–water partition coefficient (Wildman–Crippen LogP) is 10.1. The standard InChI is InChI=1S/C23H18N2.C13H13N.BrH/c1-16-11-12-21-20-9-2-3-10-22(20)25(23(16)21)19-8-4-6-17(14-19)18-7-5-13-24-15-18;1-3-4-8-12-10(2)11-7-5-6-9-13(11)14-12;/h2-16H,1H3;3-9,14H,1H2,2H3;1H/b;8-4-;. The highest BCUT2D eigenvalue weighted by atomic mass is 79.9. The van der Waals surface area contributed by atoms with Gasteiger partial charge in [-0.25, -0.2) is 0 Å². The van der Waals surface area contributed by atoms with Crippen LogP contribution in [0.4, 0.5) is 0 Å². The lowest BCUT2D eigenvalue weighted by Gasteiger charge is -2.14. The molecule has 198 valence electrons. The van der Waals surface area contributed by atoms with Crippen LogP contribution >= 0.6 is 17.0 Å². The van der Waals surface area contributed by atoms with E-state index in [1.54, 1.807) is 6.08 Å². The van der Waals surface area contributed by atoms with Crippen LogP contribution in [0.3, 0.4) is 0 Å². The topological polar surface area (TPSA) is 33.6 Å². The van der Waals surface area contributed by atoms with E-state index in [2.05, 4.69) is 120 Å². The Morgan fingerprint density at radius 2 is 1.68 bits per heavy atom. The number of aromatic nitrogens is 3. The molecule has 3 aromatic carbocycles. The van der Waals surface area contributed by atoms with Crippen molar-refractivity contribution in [3.05, 3.63) is 145 Å². The fraction of sp³-hybridized carbons (Fsp3) is 0.0833. The lowest BCUT2D eigenvalue weighted by molar-refractivity contribution is 0.881. The summed E-state index contributed by atoms with van der Waals surface area (Å²) < 4.78 is 2.41. The Balaban J connectivity index is 0.000000184. The summed E-state index contributed by atoms with van der Waals surface area (Å²) in [6.07, 6.45) is 14.1. The van der Waals surface area contributed by atoms with Gasteiger partial charge >= 0.3 is 0 Å². The highest BCUT2D eigenvalue weighted by Crippen LogP contribution is 2.40. The Bertz CT molecular complexity index is 1850. The lowest BCUT2D eigenvalue weighted by atomic mass is 10.1. The zero-order valence-electron chi connectivity index (χ0n) is 22.7. The molecule has 1 aliphatic carbocycles. The predicted molar refractivity (Wildman–Crippen MR) is 177 cm³/mol. The number of hydrogen-bond donors (Lipinski definition) is 1. The molecule has 40 heavy (non-hydrogen) atoms. The fourth-order valence-electron chi connectivity index (χ4n) is 5.51. The van der Waals surface area contributed by atoms with Gasteiger partial charge in [0.2, 0.25) is 0 Å². The van der Waals surface area contributed by atoms with E-state index in [1.807, 2.05) is 36.7 Å². The van der Waals surface area contributed by atoms with E-state index in [9.17, 15) is 0 Å². The molecule has 0 radical (unpaired) electrons. The molecule has 1 N–H and O–H groups in total. The second-order valence-electron chi connectivity index (χ2n) is 9.90. The minimum Gasteiger partial charge on any atom is -0.355 e. The molecule has 0 bridgehead atoms. The van der Waals surface area contributed by atoms with Crippen LogP contribution in [0.5, 0.6) is 0 Å². The molecular weight excluding hydrogens is 554 g/mol. The number of para-hydroxylation sites is 2. The second kappa shape index (κ2) is 11.8. The van der Waals surface area contributed by atoms with E-state index in [0.29, 0.717) is 5.92 Å². The Morgan fingerprint density at radius 3 is 2.45 bits per heavy atom. The number of rotatable bonds is 4. The molecule has 1 unspecified atom stereocenters. The van der Waals surface area contributed by atoms with Crippen LogP contribution in [0.25, 0.3) is 50.8 Å². The summed E-state index contributed by atoms with van der Waals surface area (Å²) >= 11 is 0. The van der Waals surface area contributed by atoms with Gasteiger partial charge in [0.05, 0.1) is 5.52 Å². The minimum absolute atomic E-state index is 0. The molecule has 0 spiro atoms. The number of allylic oxidation sites excluding steroid dienone is 3. The molecule has 3 heterocycles. The largest absolute Gasteiger partial charge is 0.355 e. The molecular formula is C36H32BrN3. The van der Waals surface area contributed by atoms with Crippen molar-refractivity contribution < 1.29 is 0 Å². The normalized spacial score (nSPS) is 13.7. The molecule has 0 saturated carbocycles. The third-order valence-electron chi connectivity index (χ3n) is 7.44. The van der Waals surface area contributed by atoms with Crippen LogP contribution < -0.4 is 0 Å². The van der Waals surface area contributed by atoms with Crippen molar-refractivity contribution >= 4 is 50.9 Å². The lowest BCUT2D eigenvalue weighted by Crippen LogP contribution is -2.01. The van der Waals surface area contributed by atoms with Crippen molar-refractivity contribution in [2.45, 2.75) is 19.8 Å². The maximum absolute atomic E-state index is 4.26. The molecule has 3 aromatic heterocycles. The van der Waals surface area contributed by atoms with E-state index in [-0.39, 0.29) is 17.0 Å².